The maximum atomic E-state index is 11.5. The summed E-state index contributed by atoms with van der Waals surface area (Å²) in [6, 6.07) is 4.35. The Hall–Kier alpha value is -1.22. The quantitative estimate of drug-likeness (QED) is 0.840. The Bertz CT molecular complexity index is 323. The first-order valence-corrected chi connectivity index (χ1v) is 6.81. The molecule has 3 heteroatoms. The summed E-state index contributed by atoms with van der Waals surface area (Å²) in [5.74, 6) is 0.280. The van der Waals surface area contributed by atoms with Gasteiger partial charge in [0.1, 0.15) is 5.78 Å². The number of ketones is 1. The average molecular weight is 250 g/mol. The fraction of sp³-hybridized carbons (Fsp3) is 0.600. The molecule has 1 atom stereocenters. The van der Waals surface area contributed by atoms with Gasteiger partial charge in [-0.15, -0.1) is 0 Å². The number of pyridine rings is 1. The summed E-state index contributed by atoms with van der Waals surface area (Å²) in [7, 11) is 0. The van der Waals surface area contributed by atoms with Crippen molar-refractivity contribution in [3.63, 3.8) is 0 Å². The third kappa shape index (κ3) is 6.50. The van der Waals surface area contributed by atoms with Crippen molar-refractivity contribution in [2.75, 3.05) is 0 Å². The van der Waals surface area contributed by atoms with Gasteiger partial charge in [-0.25, -0.2) is 0 Å². The Morgan fingerprint density at radius 1 is 1.39 bits per heavy atom. The highest BCUT2D eigenvalue weighted by molar-refractivity contribution is 5.78. The van der Waals surface area contributed by atoms with E-state index in [1.54, 1.807) is 6.20 Å². The predicted octanol–water partition coefficient (Wildman–Crippen LogP) is 3.52. The monoisotopic (exact) mass is 250 g/mol. The molecule has 0 saturated carbocycles. The van der Waals surface area contributed by atoms with Gasteiger partial charge in [-0.05, 0) is 11.6 Å². The van der Waals surface area contributed by atoms with Crippen molar-refractivity contribution >= 4 is 5.78 Å². The van der Waals surface area contributed by atoms with Crippen LogP contribution in [0, 0.1) is 0 Å². The van der Waals surface area contributed by atoms with Gasteiger partial charge in [0.25, 0.3) is 0 Å². The summed E-state index contributed by atoms with van der Waals surface area (Å²) >= 11 is 0. The van der Waals surface area contributed by atoms with E-state index in [1.807, 2.05) is 39.1 Å². The molecule has 0 bridgehead atoms. The molecule has 1 heterocycles. The molecule has 1 aromatic rings. The smallest absolute Gasteiger partial charge is 0.134 e. The van der Waals surface area contributed by atoms with E-state index in [4.69, 9.17) is 0 Å². The van der Waals surface area contributed by atoms with Crippen LogP contribution in [0.4, 0.5) is 0 Å². The number of rotatable bonds is 6. The van der Waals surface area contributed by atoms with Crippen LogP contribution in [0.2, 0.25) is 0 Å². The summed E-state index contributed by atoms with van der Waals surface area (Å²) in [5, 5.41) is 3.40. The molecule has 0 aromatic carbocycles. The van der Waals surface area contributed by atoms with E-state index >= 15 is 0 Å². The number of carbonyl (C=O) groups is 1. The third-order valence-electron chi connectivity index (χ3n) is 2.45. The molecule has 1 unspecified atom stereocenters. The van der Waals surface area contributed by atoms with Crippen LogP contribution >= 0.6 is 0 Å². The van der Waals surface area contributed by atoms with Crippen LogP contribution in [-0.2, 0) is 4.79 Å². The van der Waals surface area contributed by atoms with Gasteiger partial charge in [0, 0.05) is 37.3 Å². The molecule has 0 fully saturated rings. The minimum atomic E-state index is 0.0844. The highest BCUT2D eigenvalue weighted by atomic mass is 16.1. The van der Waals surface area contributed by atoms with Crippen molar-refractivity contribution in [1.82, 2.24) is 10.3 Å². The van der Waals surface area contributed by atoms with E-state index in [0.29, 0.717) is 18.9 Å². The van der Waals surface area contributed by atoms with E-state index < -0.39 is 0 Å². The zero-order valence-electron chi connectivity index (χ0n) is 12.2. The minimum Gasteiger partial charge on any atom is -0.307 e. The fourth-order valence-electron chi connectivity index (χ4n) is 1.63. The lowest BCUT2D eigenvalue weighted by Crippen LogP contribution is -2.29. The van der Waals surface area contributed by atoms with Crippen molar-refractivity contribution in [2.45, 2.75) is 59.5 Å². The van der Waals surface area contributed by atoms with Crippen LogP contribution in [-0.4, -0.2) is 16.8 Å². The number of carbonyl (C=O) groups excluding carboxylic acids is 1. The lowest BCUT2D eigenvalue weighted by atomic mass is 10.0. The first-order valence-electron chi connectivity index (χ1n) is 6.81. The van der Waals surface area contributed by atoms with Gasteiger partial charge in [-0.3, -0.25) is 9.78 Å². The second-order valence-corrected chi connectivity index (χ2v) is 4.26. The van der Waals surface area contributed by atoms with Crippen molar-refractivity contribution in [3.05, 3.63) is 30.1 Å². The highest BCUT2D eigenvalue weighted by Gasteiger charge is 2.15. The zero-order valence-corrected chi connectivity index (χ0v) is 12.2. The van der Waals surface area contributed by atoms with Crippen molar-refractivity contribution in [1.29, 1.82) is 0 Å². The van der Waals surface area contributed by atoms with Gasteiger partial charge in [0.15, 0.2) is 0 Å². The molecule has 18 heavy (non-hydrogen) atoms. The van der Waals surface area contributed by atoms with E-state index in [1.165, 1.54) is 0 Å². The van der Waals surface area contributed by atoms with Crippen LogP contribution in [0.5, 0.6) is 0 Å². The molecule has 0 amide bonds. The predicted molar refractivity (Wildman–Crippen MR) is 76.5 cm³/mol. The molecule has 0 radical (unpaired) electrons. The lowest BCUT2D eigenvalue weighted by molar-refractivity contribution is -0.119. The first-order chi connectivity index (χ1) is 8.63. The molecule has 0 spiro atoms. The van der Waals surface area contributed by atoms with Crippen LogP contribution in [0.1, 0.15) is 59.1 Å². The summed E-state index contributed by atoms with van der Waals surface area (Å²) in [6.07, 6.45) is 4.71. The molecule has 0 aliphatic heterocycles. The molecule has 1 aromatic heterocycles. The minimum absolute atomic E-state index is 0.0844. The van der Waals surface area contributed by atoms with Crippen LogP contribution in [0.25, 0.3) is 0 Å². The molecular formula is C15H26N2O. The van der Waals surface area contributed by atoms with E-state index in [0.717, 1.165) is 5.56 Å². The molecular weight excluding hydrogens is 224 g/mol. The standard InChI is InChI=1S/C13H20N2O.C2H6/c1-4-12(16)8-13(15-10(2)3)11-6-5-7-14-9-11;1-2/h5-7,9-10,13,15H,4,8H2,1-3H3;1-2H3. The highest BCUT2D eigenvalue weighted by Crippen LogP contribution is 2.17. The maximum absolute atomic E-state index is 11.5. The summed E-state index contributed by atoms with van der Waals surface area (Å²) in [6.45, 7) is 10.1. The van der Waals surface area contributed by atoms with Gasteiger partial charge in [-0.2, -0.15) is 0 Å². The van der Waals surface area contributed by atoms with Crippen LogP contribution in [0.15, 0.2) is 24.5 Å². The summed E-state index contributed by atoms with van der Waals surface area (Å²) < 4.78 is 0. The van der Waals surface area contributed by atoms with Crippen molar-refractivity contribution in [2.24, 2.45) is 0 Å². The van der Waals surface area contributed by atoms with Crippen molar-refractivity contribution < 1.29 is 4.79 Å². The van der Waals surface area contributed by atoms with Crippen LogP contribution < -0.4 is 5.32 Å². The van der Waals surface area contributed by atoms with E-state index in [-0.39, 0.29) is 11.8 Å². The summed E-state index contributed by atoms with van der Waals surface area (Å²) in [5.41, 5.74) is 1.08. The Morgan fingerprint density at radius 2 is 2.06 bits per heavy atom. The average Bonchev–Trinajstić information content (AvgIpc) is 2.40. The molecule has 0 saturated heterocycles. The Labute approximate surface area is 111 Å². The zero-order chi connectivity index (χ0) is 14.0. The van der Waals surface area contributed by atoms with Gasteiger partial charge in [0.05, 0.1) is 0 Å². The number of Topliss-reactive ketones (excluding diaryl/α,β-unsaturated/α-hetero) is 1. The van der Waals surface area contributed by atoms with Gasteiger partial charge >= 0.3 is 0 Å². The number of nitrogens with zero attached hydrogens (tertiary/aromatic N) is 1. The largest absolute Gasteiger partial charge is 0.307 e. The molecule has 3 nitrogen and oxygen atoms in total. The normalized spacial score (nSPS) is 11.7. The number of hydrogen-bond acceptors (Lipinski definition) is 3. The van der Waals surface area contributed by atoms with Crippen molar-refractivity contribution in [3.8, 4) is 0 Å². The molecule has 102 valence electrons. The SMILES string of the molecule is CC.CCC(=O)CC(NC(C)C)c1cccnc1. The topological polar surface area (TPSA) is 42.0 Å². The second-order valence-electron chi connectivity index (χ2n) is 4.26. The van der Waals surface area contributed by atoms with Gasteiger partial charge in [0.2, 0.25) is 0 Å². The molecule has 0 aliphatic carbocycles. The maximum Gasteiger partial charge on any atom is 0.134 e. The Kier molecular flexibility index (Phi) is 9.11. The fourth-order valence-corrected chi connectivity index (χ4v) is 1.63. The number of nitrogens with one attached hydrogen (secondary N) is 1. The number of hydrogen-bond donors (Lipinski definition) is 1. The van der Waals surface area contributed by atoms with Crippen LogP contribution in [0.3, 0.4) is 0 Å². The molecule has 1 N–H and O–H groups in total. The lowest BCUT2D eigenvalue weighted by Gasteiger charge is -2.20. The molecule has 0 aliphatic rings. The Balaban J connectivity index is 0.00000137. The van der Waals surface area contributed by atoms with E-state index in [9.17, 15) is 4.79 Å². The number of aromatic nitrogens is 1. The third-order valence-corrected chi connectivity index (χ3v) is 2.45. The second kappa shape index (κ2) is 9.77. The molecule has 1 rings (SSSR count). The first kappa shape index (κ1) is 16.8. The van der Waals surface area contributed by atoms with Gasteiger partial charge in [-0.1, -0.05) is 40.7 Å². The van der Waals surface area contributed by atoms with Gasteiger partial charge < -0.3 is 5.32 Å². The van der Waals surface area contributed by atoms with E-state index in [2.05, 4.69) is 24.1 Å². The summed E-state index contributed by atoms with van der Waals surface area (Å²) in [4.78, 5) is 15.6. The Morgan fingerprint density at radius 3 is 2.50 bits per heavy atom.